The number of carbonyl (C=O) groups excluding carboxylic acids is 2. The van der Waals surface area contributed by atoms with Crippen molar-refractivity contribution in [3.8, 4) is 11.5 Å². The predicted octanol–water partition coefficient (Wildman–Crippen LogP) is 3.39. The van der Waals surface area contributed by atoms with Gasteiger partial charge < -0.3 is 14.2 Å². The van der Waals surface area contributed by atoms with E-state index in [0.29, 0.717) is 36.1 Å². The SMILES string of the molecule is CCOc1ccc(C(=O)c2ccccc2C(=O)OCc2nnnn2C2CC2)cc1OCC. The maximum absolute atomic E-state index is 13.2. The summed E-state index contributed by atoms with van der Waals surface area (Å²) in [5, 5.41) is 11.5. The number of benzene rings is 2. The van der Waals surface area contributed by atoms with Gasteiger partial charge >= 0.3 is 5.97 Å². The third kappa shape index (κ3) is 4.61. The monoisotopic (exact) mass is 436 g/mol. The van der Waals surface area contributed by atoms with E-state index in [1.807, 2.05) is 13.8 Å². The number of ketones is 1. The van der Waals surface area contributed by atoms with E-state index in [2.05, 4.69) is 15.5 Å². The van der Waals surface area contributed by atoms with Crippen molar-refractivity contribution in [1.29, 1.82) is 0 Å². The minimum atomic E-state index is -0.615. The van der Waals surface area contributed by atoms with Crippen molar-refractivity contribution < 1.29 is 23.8 Å². The molecule has 0 bridgehead atoms. The summed E-state index contributed by atoms with van der Waals surface area (Å²) in [6, 6.07) is 11.8. The molecule has 0 amide bonds. The minimum Gasteiger partial charge on any atom is -0.490 e. The maximum atomic E-state index is 13.2. The quantitative estimate of drug-likeness (QED) is 0.352. The van der Waals surface area contributed by atoms with Gasteiger partial charge in [0.1, 0.15) is 0 Å². The zero-order valence-electron chi connectivity index (χ0n) is 18.0. The number of hydrogen-bond acceptors (Lipinski definition) is 8. The molecule has 1 fully saturated rings. The number of ether oxygens (including phenoxy) is 3. The Balaban J connectivity index is 1.54. The molecule has 0 N–H and O–H groups in total. The third-order valence-corrected chi connectivity index (χ3v) is 4.98. The predicted molar refractivity (Wildman–Crippen MR) is 114 cm³/mol. The van der Waals surface area contributed by atoms with E-state index in [4.69, 9.17) is 14.2 Å². The van der Waals surface area contributed by atoms with Crippen LogP contribution in [-0.2, 0) is 11.3 Å². The highest BCUT2D eigenvalue weighted by atomic mass is 16.5. The Hall–Kier alpha value is -3.75. The lowest BCUT2D eigenvalue weighted by atomic mass is 9.98. The van der Waals surface area contributed by atoms with Crippen LogP contribution in [0.25, 0.3) is 0 Å². The highest BCUT2D eigenvalue weighted by Crippen LogP contribution is 2.34. The van der Waals surface area contributed by atoms with Gasteiger partial charge in [-0.25, -0.2) is 9.48 Å². The van der Waals surface area contributed by atoms with Crippen molar-refractivity contribution >= 4 is 11.8 Å². The highest BCUT2D eigenvalue weighted by Gasteiger charge is 2.28. The van der Waals surface area contributed by atoms with Crippen LogP contribution in [0, 0.1) is 0 Å². The molecule has 0 atom stereocenters. The van der Waals surface area contributed by atoms with Gasteiger partial charge in [0, 0.05) is 11.1 Å². The summed E-state index contributed by atoms with van der Waals surface area (Å²) >= 11 is 0. The molecule has 0 saturated heterocycles. The van der Waals surface area contributed by atoms with E-state index in [9.17, 15) is 9.59 Å². The number of nitrogens with zero attached hydrogens (tertiary/aromatic N) is 4. The normalized spacial score (nSPS) is 12.9. The molecule has 1 heterocycles. The number of rotatable bonds is 10. The number of tetrazole rings is 1. The van der Waals surface area contributed by atoms with Crippen LogP contribution < -0.4 is 9.47 Å². The molecule has 2 aromatic carbocycles. The van der Waals surface area contributed by atoms with Crippen LogP contribution in [0.1, 0.15) is 64.8 Å². The lowest BCUT2D eigenvalue weighted by Gasteiger charge is -2.13. The summed E-state index contributed by atoms with van der Waals surface area (Å²) in [7, 11) is 0. The standard InChI is InChI=1S/C23H24N4O5/c1-3-30-19-12-9-15(13-20(19)31-4-2)22(28)17-7-5-6-8-18(17)23(29)32-14-21-24-25-26-27(21)16-10-11-16/h5-9,12-13,16H,3-4,10-11,14H2,1-2H3. The van der Waals surface area contributed by atoms with E-state index in [1.165, 1.54) is 0 Å². The first-order valence-electron chi connectivity index (χ1n) is 10.6. The summed E-state index contributed by atoms with van der Waals surface area (Å²) in [5.74, 6) is 0.594. The van der Waals surface area contributed by atoms with Crippen LogP contribution in [-0.4, -0.2) is 45.2 Å². The Morgan fingerprint density at radius 3 is 2.44 bits per heavy atom. The van der Waals surface area contributed by atoms with Gasteiger partial charge in [-0.15, -0.1) is 5.10 Å². The topological polar surface area (TPSA) is 105 Å². The second-order valence-corrected chi connectivity index (χ2v) is 7.25. The fraction of sp³-hybridized carbons (Fsp3) is 0.348. The van der Waals surface area contributed by atoms with E-state index < -0.39 is 5.97 Å². The van der Waals surface area contributed by atoms with Gasteiger partial charge in [-0.05, 0) is 61.4 Å². The minimum absolute atomic E-state index is 0.0671. The van der Waals surface area contributed by atoms with Crippen molar-refractivity contribution in [3.05, 3.63) is 65.0 Å². The molecule has 166 valence electrons. The van der Waals surface area contributed by atoms with Crippen LogP contribution >= 0.6 is 0 Å². The van der Waals surface area contributed by atoms with Crippen LogP contribution in [0.15, 0.2) is 42.5 Å². The van der Waals surface area contributed by atoms with Gasteiger partial charge in [0.05, 0.1) is 24.8 Å². The van der Waals surface area contributed by atoms with Crippen LogP contribution in [0.4, 0.5) is 0 Å². The van der Waals surface area contributed by atoms with Crippen molar-refractivity contribution in [2.45, 2.75) is 39.3 Å². The van der Waals surface area contributed by atoms with Crippen molar-refractivity contribution in [2.75, 3.05) is 13.2 Å². The number of hydrogen-bond donors (Lipinski definition) is 0. The molecule has 9 heteroatoms. The number of carbonyl (C=O) groups is 2. The second-order valence-electron chi connectivity index (χ2n) is 7.25. The van der Waals surface area contributed by atoms with Gasteiger partial charge in [0.15, 0.2) is 29.7 Å². The zero-order chi connectivity index (χ0) is 22.5. The third-order valence-electron chi connectivity index (χ3n) is 4.98. The highest BCUT2D eigenvalue weighted by molar-refractivity contribution is 6.14. The largest absolute Gasteiger partial charge is 0.490 e. The molecule has 1 aliphatic carbocycles. The van der Waals surface area contributed by atoms with E-state index in [-0.39, 0.29) is 29.6 Å². The molecule has 1 saturated carbocycles. The summed E-state index contributed by atoms with van der Waals surface area (Å²) in [6.45, 7) is 4.57. The average molecular weight is 436 g/mol. The molecule has 4 rings (SSSR count). The van der Waals surface area contributed by atoms with E-state index >= 15 is 0 Å². The Morgan fingerprint density at radius 1 is 1.00 bits per heavy atom. The van der Waals surface area contributed by atoms with Gasteiger partial charge in [-0.1, -0.05) is 18.2 Å². The molecule has 0 aliphatic heterocycles. The van der Waals surface area contributed by atoms with Crippen LogP contribution in [0.2, 0.25) is 0 Å². The van der Waals surface area contributed by atoms with Crippen LogP contribution in [0.3, 0.4) is 0 Å². The first kappa shape index (κ1) is 21.5. The molecule has 0 radical (unpaired) electrons. The van der Waals surface area contributed by atoms with Gasteiger partial charge in [0.2, 0.25) is 0 Å². The first-order valence-corrected chi connectivity index (χ1v) is 10.6. The van der Waals surface area contributed by atoms with E-state index in [0.717, 1.165) is 12.8 Å². The molecule has 9 nitrogen and oxygen atoms in total. The van der Waals surface area contributed by atoms with Gasteiger partial charge in [-0.3, -0.25) is 4.79 Å². The maximum Gasteiger partial charge on any atom is 0.339 e. The fourth-order valence-electron chi connectivity index (χ4n) is 3.32. The van der Waals surface area contributed by atoms with Crippen molar-refractivity contribution in [2.24, 2.45) is 0 Å². The zero-order valence-corrected chi connectivity index (χ0v) is 18.0. The van der Waals surface area contributed by atoms with Gasteiger partial charge in [0.25, 0.3) is 0 Å². The van der Waals surface area contributed by atoms with Crippen molar-refractivity contribution in [3.63, 3.8) is 0 Å². The molecule has 32 heavy (non-hydrogen) atoms. The van der Waals surface area contributed by atoms with Gasteiger partial charge in [-0.2, -0.15) is 0 Å². The summed E-state index contributed by atoms with van der Waals surface area (Å²) in [5.41, 5.74) is 0.801. The average Bonchev–Trinajstić information content (AvgIpc) is 3.55. The molecule has 1 aromatic heterocycles. The molecule has 0 spiro atoms. The van der Waals surface area contributed by atoms with E-state index in [1.54, 1.807) is 47.1 Å². The second kappa shape index (κ2) is 9.59. The first-order chi connectivity index (χ1) is 15.6. The van der Waals surface area contributed by atoms with Crippen molar-refractivity contribution in [1.82, 2.24) is 20.2 Å². The Bertz CT molecular complexity index is 1120. The molecular formula is C23H24N4O5. The molecule has 0 unspecified atom stereocenters. The Labute approximate surface area is 185 Å². The number of esters is 1. The summed E-state index contributed by atoms with van der Waals surface area (Å²) in [4.78, 5) is 26.0. The molecule has 3 aromatic rings. The lowest BCUT2D eigenvalue weighted by molar-refractivity contribution is 0.0454. The summed E-state index contributed by atoms with van der Waals surface area (Å²) < 4.78 is 18.3. The van der Waals surface area contributed by atoms with Crippen LogP contribution in [0.5, 0.6) is 11.5 Å². The molecule has 1 aliphatic rings. The Kier molecular flexibility index (Phi) is 6.44. The molecular weight excluding hydrogens is 412 g/mol. The Morgan fingerprint density at radius 2 is 1.72 bits per heavy atom. The smallest absolute Gasteiger partial charge is 0.339 e. The fourth-order valence-corrected chi connectivity index (χ4v) is 3.32. The number of aromatic nitrogens is 4. The summed E-state index contributed by atoms with van der Waals surface area (Å²) in [6.07, 6.45) is 2.02. The lowest BCUT2D eigenvalue weighted by Crippen LogP contribution is -2.14.